The molecule has 0 fully saturated rings. The molecule has 1 heterocycles. The van der Waals surface area contributed by atoms with E-state index in [0.29, 0.717) is 19.0 Å². The number of nitrogens with zero attached hydrogens (tertiary/aromatic N) is 4. The van der Waals surface area contributed by atoms with Crippen LogP contribution in [0.15, 0.2) is 41.7 Å². The van der Waals surface area contributed by atoms with E-state index in [0.717, 1.165) is 11.6 Å². The molecule has 10 heteroatoms. The number of hydrogen-bond donors (Lipinski definition) is 1. The molecule has 1 aromatic carbocycles. The summed E-state index contributed by atoms with van der Waals surface area (Å²) < 4.78 is 45.8. The minimum Gasteiger partial charge on any atom is -0.491 e. The third-order valence-electron chi connectivity index (χ3n) is 3.59. The molecule has 0 unspecified atom stereocenters. The molecule has 27 heavy (non-hydrogen) atoms. The second-order valence-corrected chi connectivity index (χ2v) is 5.69. The number of alkyl halides is 3. The van der Waals surface area contributed by atoms with Gasteiger partial charge >= 0.3 is 6.18 Å². The number of nitrogens with one attached hydrogen (secondary N) is 1. The molecule has 0 aliphatic heterocycles. The van der Waals surface area contributed by atoms with E-state index in [1.165, 1.54) is 18.2 Å². The highest BCUT2D eigenvalue weighted by Gasteiger charge is 2.33. The summed E-state index contributed by atoms with van der Waals surface area (Å²) in [6, 6.07) is 5.16. The van der Waals surface area contributed by atoms with Crippen molar-refractivity contribution < 1.29 is 17.9 Å². The molecule has 0 bridgehead atoms. The highest BCUT2D eigenvalue weighted by Crippen LogP contribution is 2.35. The number of aromatic nitrogens is 2. The van der Waals surface area contributed by atoms with Gasteiger partial charge in [0.2, 0.25) is 0 Å². The molecule has 1 N–H and O–H groups in total. The van der Waals surface area contributed by atoms with Gasteiger partial charge in [-0.2, -0.15) is 18.3 Å². The summed E-state index contributed by atoms with van der Waals surface area (Å²) in [7, 11) is 5.34. The Hall–Kier alpha value is -1.98. The van der Waals surface area contributed by atoms with E-state index < -0.39 is 11.7 Å². The molecule has 0 saturated carbocycles. The van der Waals surface area contributed by atoms with Crippen LogP contribution >= 0.6 is 24.0 Å². The van der Waals surface area contributed by atoms with Gasteiger partial charge in [0, 0.05) is 39.4 Å². The van der Waals surface area contributed by atoms with Gasteiger partial charge < -0.3 is 15.0 Å². The molecule has 0 aliphatic carbocycles. The van der Waals surface area contributed by atoms with Crippen molar-refractivity contribution in [3.05, 3.63) is 47.8 Å². The zero-order chi connectivity index (χ0) is 19.2. The van der Waals surface area contributed by atoms with E-state index in [1.807, 2.05) is 25.2 Å². The molecule has 0 radical (unpaired) electrons. The lowest BCUT2D eigenvalue weighted by Gasteiger charge is -2.21. The van der Waals surface area contributed by atoms with Crippen LogP contribution in [0, 0.1) is 0 Å². The highest BCUT2D eigenvalue weighted by molar-refractivity contribution is 14.0. The quantitative estimate of drug-likeness (QED) is 0.289. The fourth-order valence-electron chi connectivity index (χ4n) is 2.44. The van der Waals surface area contributed by atoms with Crippen LogP contribution in [0.1, 0.15) is 11.1 Å². The number of aliphatic imine (C=N–C) groups is 1. The Kier molecular flexibility index (Phi) is 8.86. The highest BCUT2D eigenvalue weighted by atomic mass is 127. The van der Waals surface area contributed by atoms with Crippen molar-refractivity contribution in [2.24, 2.45) is 12.0 Å². The largest absolute Gasteiger partial charge is 0.491 e. The van der Waals surface area contributed by atoms with Crippen molar-refractivity contribution in [3.63, 3.8) is 0 Å². The van der Waals surface area contributed by atoms with Gasteiger partial charge in [0.15, 0.2) is 5.96 Å². The van der Waals surface area contributed by atoms with E-state index in [1.54, 1.807) is 17.9 Å². The van der Waals surface area contributed by atoms with Crippen molar-refractivity contribution in [1.29, 1.82) is 0 Å². The first-order valence-corrected chi connectivity index (χ1v) is 7.99. The van der Waals surface area contributed by atoms with Crippen LogP contribution in [-0.4, -0.2) is 47.9 Å². The summed E-state index contributed by atoms with van der Waals surface area (Å²) in [4.78, 5) is 6.05. The van der Waals surface area contributed by atoms with E-state index in [2.05, 4.69) is 15.4 Å². The van der Waals surface area contributed by atoms with Crippen molar-refractivity contribution in [2.45, 2.75) is 12.7 Å². The average molecular weight is 497 g/mol. The van der Waals surface area contributed by atoms with Gasteiger partial charge in [0.05, 0.1) is 18.3 Å². The van der Waals surface area contributed by atoms with Crippen molar-refractivity contribution in [3.8, 4) is 5.75 Å². The molecule has 1 aromatic heterocycles. The van der Waals surface area contributed by atoms with Gasteiger partial charge in [-0.05, 0) is 12.1 Å². The number of ether oxygens (including phenoxy) is 1. The Morgan fingerprint density at radius 1 is 1.33 bits per heavy atom. The van der Waals surface area contributed by atoms with Crippen molar-refractivity contribution in [2.75, 3.05) is 27.2 Å². The topological polar surface area (TPSA) is 54.7 Å². The van der Waals surface area contributed by atoms with E-state index >= 15 is 0 Å². The fraction of sp³-hybridized carbons (Fsp3) is 0.412. The summed E-state index contributed by atoms with van der Waals surface area (Å²) in [6.45, 7) is 0.994. The zero-order valence-electron chi connectivity index (χ0n) is 15.3. The summed E-state index contributed by atoms with van der Waals surface area (Å²) in [5, 5.41) is 7.18. The van der Waals surface area contributed by atoms with E-state index in [4.69, 9.17) is 4.74 Å². The number of hydrogen-bond acceptors (Lipinski definition) is 3. The Morgan fingerprint density at radius 3 is 2.63 bits per heavy atom. The van der Waals surface area contributed by atoms with Crippen LogP contribution in [0.4, 0.5) is 13.2 Å². The van der Waals surface area contributed by atoms with Crippen LogP contribution in [0.5, 0.6) is 5.75 Å². The average Bonchev–Trinajstić information content (AvgIpc) is 2.99. The van der Waals surface area contributed by atoms with Gasteiger partial charge in [-0.1, -0.05) is 12.1 Å². The van der Waals surface area contributed by atoms with Gasteiger partial charge in [-0.25, -0.2) is 0 Å². The first-order valence-electron chi connectivity index (χ1n) is 7.99. The van der Waals surface area contributed by atoms with E-state index in [9.17, 15) is 13.2 Å². The zero-order valence-corrected chi connectivity index (χ0v) is 17.7. The second kappa shape index (κ2) is 10.4. The Morgan fingerprint density at radius 2 is 2.04 bits per heavy atom. The first-order chi connectivity index (χ1) is 12.3. The van der Waals surface area contributed by atoms with Crippen LogP contribution in [0.2, 0.25) is 0 Å². The number of rotatable bonds is 6. The number of halogens is 4. The molecule has 150 valence electrons. The molecule has 0 amide bonds. The second-order valence-electron chi connectivity index (χ2n) is 5.69. The van der Waals surface area contributed by atoms with Crippen molar-refractivity contribution >= 4 is 29.9 Å². The summed E-state index contributed by atoms with van der Waals surface area (Å²) in [5.74, 6) is 0.432. The molecule has 2 rings (SSSR count). The van der Waals surface area contributed by atoms with Gasteiger partial charge in [-0.15, -0.1) is 24.0 Å². The molecule has 0 spiro atoms. The molecule has 0 atom stereocenters. The molecule has 0 aliphatic rings. The van der Waals surface area contributed by atoms with E-state index in [-0.39, 0.29) is 36.3 Å². The van der Waals surface area contributed by atoms with Gasteiger partial charge in [0.1, 0.15) is 12.4 Å². The smallest absolute Gasteiger partial charge is 0.419 e. The number of guanidine groups is 1. The first kappa shape index (κ1) is 23.1. The van der Waals surface area contributed by atoms with Gasteiger partial charge in [-0.3, -0.25) is 9.67 Å². The van der Waals surface area contributed by atoms with Crippen molar-refractivity contribution in [1.82, 2.24) is 20.0 Å². The molecule has 2 aromatic rings. The third kappa shape index (κ3) is 6.92. The standard InChI is InChI=1S/C17H22F3N5O.HI/c1-21-16(24(2)11-13-10-23-25(3)12-13)22-8-9-26-15-7-5-4-6-14(15)17(18,19)20;/h4-7,10,12H,8-9,11H2,1-3H3,(H,21,22);1H. The maximum absolute atomic E-state index is 12.9. The number of aryl methyl sites for hydroxylation is 1. The minimum atomic E-state index is -4.44. The minimum absolute atomic E-state index is 0. The van der Waals surface area contributed by atoms with Gasteiger partial charge in [0.25, 0.3) is 0 Å². The monoisotopic (exact) mass is 497 g/mol. The van der Waals surface area contributed by atoms with Crippen LogP contribution < -0.4 is 10.1 Å². The number of para-hydroxylation sites is 1. The predicted octanol–water partition coefficient (Wildman–Crippen LogP) is 3.14. The fourth-order valence-corrected chi connectivity index (χ4v) is 2.44. The maximum Gasteiger partial charge on any atom is 0.419 e. The normalized spacial score (nSPS) is 11.7. The lowest BCUT2D eigenvalue weighted by Crippen LogP contribution is -2.40. The summed E-state index contributed by atoms with van der Waals surface area (Å²) in [6.07, 6.45) is -0.772. The number of benzene rings is 1. The third-order valence-corrected chi connectivity index (χ3v) is 3.59. The Balaban J connectivity index is 0.00000364. The summed E-state index contributed by atoms with van der Waals surface area (Å²) >= 11 is 0. The van der Waals surface area contributed by atoms with Crippen LogP contribution in [0.3, 0.4) is 0 Å². The Labute approximate surface area is 173 Å². The summed E-state index contributed by atoms with van der Waals surface area (Å²) in [5.41, 5.74) is 0.242. The molecule has 6 nitrogen and oxygen atoms in total. The molecule has 0 saturated heterocycles. The maximum atomic E-state index is 12.9. The lowest BCUT2D eigenvalue weighted by atomic mass is 10.2. The lowest BCUT2D eigenvalue weighted by molar-refractivity contribution is -0.138. The van der Waals surface area contributed by atoms with Crippen LogP contribution in [-0.2, 0) is 19.8 Å². The van der Waals surface area contributed by atoms with Crippen LogP contribution in [0.25, 0.3) is 0 Å². The molecular formula is C17H23F3IN5O. The SMILES string of the molecule is CN=C(NCCOc1ccccc1C(F)(F)F)N(C)Cc1cnn(C)c1.I. The Bertz CT molecular complexity index is 748. The molecular weight excluding hydrogens is 474 g/mol. The predicted molar refractivity (Wildman–Crippen MR) is 108 cm³/mol.